The monoisotopic (exact) mass is 482 g/mol. The van der Waals surface area contributed by atoms with Crippen molar-refractivity contribution in [1.29, 1.82) is 0 Å². The molecule has 1 aliphatic heterocycles. The Hall–Kier alpha value is -3.37. The molecule has 1 saturated heterocycles. The maximum absolute atomic E-state index is 13.9. The zero-order valence-corrected chi connectivity index (χ0v) is 17.2. The lowest BCUT2D eigenvalue weighted by Gasteiger charge is -2.44. The van der Waals surface area contributed by atoms with Gasteiger partial charge in [0.05, 0.1) is 5.02 Å². The summed E-state index contributed by atoms with van der Waals surface area (Å²) in [4.78, 5) is 25.2. The predicted molar refractivity (Wildman–Crippen MR) is 109 cm³/mol. The Labute approximate surface area is 189 Å². The third-order valence-corrected chi connectivity index (χ3v) is 5.62. The molecule has 6 nitrogen and oxygen atoms in total. The first-order valence-corrected chi connectivity index (χ1v) is 9.91. The first-order chi connectivity index (χ1) is 15.5. The maximum atomic E-state index is 13.9. The van der Waals surface area contributed by atoms with E-state index in [1.54, 1.807) is 24.3 Å². The largest absolute Gasteiger partial charge is 0.459 e. The van der Waals surface area contributed by atoms with Crippen LogP contribution in [0.15, 0.2) is 65.1 Å². The Morgan fingerprint density at radius 3 is 2.36 bits per heavy atom. The van der Waals surface area contributed by atoms with Crippen molar-refractivity contribution >= 4 is 23.4 Å². The van der Waals surface area contributed by atoms with E-state index in [2.05, 4.69) is 5.32 Å². The second-order valence-corrected chi connectivity index (χ2v) is 7.78. The highest BCUT2D eigenvalue weighted by molar-refractivity contribution is 6.33. The molecule has 0 unspecified atom stereocenters. The topological polar surface area (TPSA) is 91.6 Å². The van der Waals surface area contributed by atoms with Crippen molar-refractivity contribution in [3.63, 3.8) is 0 Å². The van der Waals surface area contributed by atoms with Crippen molar-refractivity contribution in [3.8, 4) is 11.3 Å². The first-order valence-electron chi connectivity index (χ1n) is 9.53. The number of hydrogen-bond donors (Lipinski definition) is 3. The molecule has 1 aromatic heterocycles. The van der Waals surface area contributed by atoms with E-state index in [1.807, 2.05) is 0 Å². The lowest BCUT2D eigenvalue weighted by Crippen LogP contribution is -2.72. The number of carbonyl (C=O) groups excluding carboxylic acids is 2. The molecule has 3 atom stereocenters. The number of benzene rings is 2. The van der Waals surface area contributed by atoms with Gasteiger partial charge < -0.3 is 20.2 Å². The van der Waals surface area contributed by atoms with Crippen LogP contribution in [0.25, 0.3) is 11.3 Å². The highest BCUT2D eigenvalue weighted by atomic mass is 35.5. The zero-order valence-electron chi connectivity index (χ0n) is 16.5. The molecule has 0 bridgehead atoms. The molecule has 0 radical (unpaired) electrons. The fourth-order valence-corrected chi connectivity index (χ4v) is 3.92. The molecule has 1 fully saturated rings. The molecule has 0 spiro atoms. The van der Waals surface area contributed by atoms with Crippen molar-refractivity contribution in [2.24, 2.45) is 5.92 Å². The van der Waals surface area contributed by atoms with E-state index < -0.39 is 41.5 Å². The van der Waals surface area contributed by atoms with Gasteiger partial charge in [0.1, 0.15) is 29.3 Å². The van der Waals surface area contributed by atoms with E-state index >= 15 is 0 Å². The summed E-state index contributed by atoms with van der Waals surface area (Å²) in [6.07, 6.45) is -5.43. The molecule has 0 saturated carbocycles. The second-order valence-electron chi connectivity index (χ2n) is 7.37. The Morgan fingerprint density at radius 1 is 1.06 bits per heavy atom. The van der Waals surface area contributed by atoms with Gasteiger partial charge >= 0.3 is 12.2 Å². The Balaban J connectivity index is 1.82. The highest BCUT2D eigenvalue weighted by Crippen LogP contribution is 2.45. The van der Waals surface area contributed by atoms with Crippen LogP contribution in [-0.2, 0) is 0 Å². The first kappa shape index (κ1) is 22.8. The molecule has 0 aliphatic carbocycles. The smallest absolute Gasteiger partial charge is 0.437 e. The number of amides is 2. The summed E-state index contributed by atoms with van der Waals surface area (Å²) in [5.41, 5.74) is -3.80. The van der Waals surface area contributed by atoms with Crippen LogP contribution in [0.5, 0.6) is 0 Å². The number of alkyl halides is 3. The number of urea groups is 1. The molecule has 3 aromatic rings. The molecule has 11 heteroatoms. The summed E-state index contributed by atoms with van der Waals surface area (Å²) in [6, 6.07) is 9.90. The molecule has 2 amide bonds. The molecule has 33 heavy (non-hydrogen) atoms. The van der Waals surface area contributed by atoms with Gasteiger partial charge in [0.2, 0.25) is 5.72 Å². The van der Waals surface area contributed by atoms with Crippen LogP contribution in [-0.4, -0.2) is 28.8 Å². The zero-order chi connectivity index (χ0) is 24.0. The fraction of sp³-hybridized carbons (Fsp3) is 0.182. The van der Waals surface area contributed by atoms with Gasteiger partial charge in [-0.3, -0.25) is 4.79 Å². The summed E-state index contributed by atoms with van der Waals surface area (Å²) in [5.74, 6) is -4.25. The minimum atomic E-state index is -5.43. The van der Waals surface area contributed by atoms with E-state index in [4.69, 9.17) is 16.0 Å². The van der Waals surface area contributed by atoms with E-state index in [1.165, 1.54) is 17.4 Å². The summed E-state index contributed by atoms with van der Waals surface area (Å²) < 4.78 is 60.8. The van der Waals surface area contributed by atoms with Gasteiger partial charge in [-0.1, -0.05) is 23.7 Å². The lowest BCUT2D eigenvalue weighted by atomic mass is 9.79. The number of carbonyl (C=O) groups is 2. The molecule has 172 valence electrons. The van der Waals surface area contributed by atoms with Crippen molar-refractivity contribution in [2.45, 2.75) is 17.9 Å². The van der Waals surface area contributed by atoms with Crippen LogP contribution in [0.1, 0.15) is 22.2 Å². The molecule has 2 aromatic carbocycles. The molecular weight excluding hydrogens is 468 g/mol. The third-order valence-electron chi connectivity index (χ3n) is 5.29. The van der Waals surface area contributed by atoms with E-state index in [0.717, 1.165) is 24.3 Å². The van der Waals surface area contributed by atoms with Crippen LogP contribution in [0.3, 0.4) is 0 Å². The summed E-state index contributed by atoms with van der Waals surface area (Å²) in [5, 5.41) is 14.5. The van der Waals surface area contributed by atoms with Crippen LogP contribution in [0.4, 0.5) is 22.4 Å². The number of ketones is 1. The summed E-state index contributed by atoms with van der Waals surface area (Å²) in [6.45, 7) is 0. The number of halogens is 5. The van der Waals surface area contributed by atoms with Gasteiger partial charge in [-0.15, -0.1) is 0 Å². The number of aliphatic hydroxyl groups is 1. The van der Waals surface area contributed by atoms with Crippen LogP contribution < -0.4 is 10.6 Å². The van der Waals surface area contributed by atoms with Gasteiger partial charge in [-0.2, -0.15) is 13.2 Å². The van der Waals surface area contributed by atoms with E-state index in [9.17, 15) is 32.3 Å². The lowest BCUT2D eigenvalue weighted by molar-refractivity contribution is -0.288. The number of rotatable bonds is 4. The Morgan fingerprint density at radius 2 is 1.73 bits per heavy atom. The quantitative estimate of drug-likeness (QED) is 0.366. The number of furan rings is 1. The van der Waals surface area contributed by atoms with Crippen molar-refractivity contribution in [2.75, 3.05) is 0 Å². The minimum absolute atomic E-state index is 0.173. The van der Waals surface area contributed by atoms with Crippen LogP contribution in [0, 0.1) is 11.7 Å². The van der Waals surface area contributed by atoms with Gasteiger partial charge in [0.25, 0.3) is 0 Å². The molecule has 2 heterocycles. The molecule has 1 aliphatic rings. The number of hydrogen-bond acceptors (Lipinski definition) is 4. The van der Waals surface area contributed by atoms with E-state index in [0.29, 0.717) is 10.6 Å². The number of nitrogens with one attached hydrogen (secondary N) is 2. The van der Waals surface area contributed by atoms with Gasteiger partial charge in [-0.05, 0) is 48.5 Å². The van der Waals surface area contributed by atoms with Gasteiger partial charge in [-0.25, -0.2) is 9.18 Å². The van der Waals surface area contributed by atoms with Gasteiger partial charge in [0.15, 0.2) is 5.78 Å². The van der Waals surface area contributed by atoms with Crippen molar-refractivity contribution < 1.29 is 36.7 Å². The number of Topliss-reactive ketones (excluding diaryl/α,β-unsaturated/α-hetero) is 1. The minimum Gasteiger partial charge on any atom is -0.459 e. The van der Waals surface area contributed by atoms with Gasteiger partial charge in [0, 0.05) is 11.1 Å². The average Bonchev–Trinajstić information content (AvgIpc) is 3.23. The Bertz CT molecular complexity index is 1210. The summed E-state index contributed by atoms with van der Waals surface area (Å²) >= 11 is 6.14. The van der Waals surface area contributed by atoms with E-state index in [-0.39, 0.29) is 17.1 Å². The maximum Gasteiger partial charge on any atom is 0.437 e. The molecule has 3 N–H and O–H groups in total. The van der Waals surface area contributed by atoms with Crippen molar-refractivity contribution in [1.82, 2.24) is 10.6 Å². The normalized spacial score (nSPS) is 23.0. The van der Waals surface area contributed by atoms with Crippen LogP contribution >= 0.6 is 11.6 Å². The van der Waals surface area contributed by atoms with Crippen LogP contribution in [0.2, 0.25) is 5.02 Å². The average molecular weight is 483 g/mol. The molecular formula is C22H15ClF4N2O4. The fourth-order valence-electron chi connectivity index (χ4n) is 3.70. The SMILES string of the molecule is O=C1N[C@H](c2ccc(-c3ccccc3Cl)o2)[C@@H](C(=O)c2ccc(F)cc2)[C@@](O)(C(F)(F)F)N1. The molecule has 4 rings (SSSR count). The predicted octanol–water partition coefficient (Wildman–Crippen LogP) is 4.84. The summed E-state index contributed by atoms with van der Waals surface area (Å²) in [7, 11) is 0. The third kappa shape index (κ3) is 4.07. The highest BCUT2D eigenvalue weighted by Gasteiger charge is 2.66. The standard InChI is InChI=1S/C22H15ClF4N2O4/c23-14-4-2-1-3-13(14)15-9-10-16(33-15)18-17(19(30)11-5-7-12(24)8-6-11)21(32,22(25,26)27)29-20(31)28-18/h1-10,17-18,32H,(H2,28,29,31)/t17-,18+,21+/m0/s1. The van der Waals surface area contributed by atoms with Crippen molar-refractivity contribution in [3.05, 3.63) is 82.8 Å². The Kier molecular flexibility index (Phi) is 5.67. The second kappa shape index (κ2) is 8.20.